The number of carbonyl (C=O) groups is 2. The van der Waals surface area contributed by atoms with E-state index in [0.29, 0.717) is 5.69 Å². The molecule has 0 aliphatic heterocycles. The molecule has 2 N–H and O–H groups in total. The minimum atomic E-state index is -1.27. The molecule has 0 saturated carbocycles. The lowest BCUT2D eigenvalue weighted by Crippen LogP contribution is -2.12. The van der Waals surface area contributed by atoms with Crippen LogP contribution in [0.15, 0.2) is 28.8 Å². The fourth-order valence-corrected chi connectivity index (χ4v) is 1.86. The van der Waals surface area contributed by atoms with Crippen molar-refractivity contribution in [3.63, 3.8) is 0 Å². The first-order valence-electron chi connectivity index (χ1n) is 5.25. The lowest BCUT2D eigenvalue weighted by Gasteiger charge is -2.04. The van der Waals surface area contributed by atoms with Crippen molar-refractivity contribution >= 4 is 40.2 Å². The Labute approximate surface area is 121 Å². The Morgan fingerprint density at radius 1 is 1.37 bits per heavy atom. The van der Waals surface area contributed by atoms with Crippen LogP contribution >= 0.6 is 22.6 Å². The number of nitrogens with one attached hydrogen (secondary N) is 1. The van der Waals surface area contributed by atoms with Crippen LogP contribution in [0.3, 0.4) is 0 Å². The number of aromatic nitrogens is 1. The molecule has 0 fully saturated rings. The van der Waals surface area contributed by atoms with Crippen molar-refractivity contribution in [2.45, 2.75) is 6.92 Å². The molecule has 0 atom stereocenters. The molecule has 2 aromatic rings. The highest BCUT2D eigenvalue weighted by molar-refractivity contribution is 14.1. The minimum absolute atomic E-state index is 0.0759. The molecule has 0 radical (unpaired) electrons. The van der Waals surface area contributed by atoms with Crippen molar-refractivity contribution < 1.29 is 19.2 Å². The molecule has 0 saturated heterocycles. The number of nitrogens with zero attached hydrogens (tertiary/aromatic N) is 1. The third kappa shape index (κ3) is 3.11. The van der Waals surface area contributed by atoms with E-state index in [1.165, 1.54) is 0 Å². The summed E-state index contributed by atoms with van der Waals surface area (Å²) in [7, 11) is 0. The van der Waals surface area contributed by atoms with E-state index in [1.54, 1.807) is 6.07 Å². The van der Waals surface area contributed by atoms with E-state index >= 15 is 0 Å². The molecule has 7 heteroatoms. The minimum Gasteiger partial charge on any atom is -0.475 e. The average molecular weight is 372 g/mol. The molecule has 19 heavy (non-hydrogen) atoms. The number of carboxylic acid groups (broad SMARTS) is 1. The second-order valence-corrected chi connectivity index (χ2v) is 4.96. The monoisotopic (exact) mass is 372 g/mol. The molecule has 6 nitrogen and oxygen atoms in total. The molecular weight excluding hydrogens is 363 g/mol. The van der Waals surface area contributed by atoms with Gasteiger partial charge in [-0.15, -0.1) is 0 Å². The highest BCUT2D eigenvalue weighted by Crippen LogP contribution is 2.17. The van der Waals surface area contributed by atoms with Gasteiger partial charge in [-0.2, -0.15) is 0 Å². The third-order valence-corrected chi connectivity index (χ3v) is 3.55. The topological polar surface area (TPSA) is 92.4 Å². The molecule has 98 valence electrons. The molecule has 0 aliphatic rings. The standard InChI is InChI=1S/C12H9IN2O4/c1-6-2-3-7(4-8(6)13)14-11(16)9-5-10(12(17)18)19-15-9/h2-5H,1H3,(H,14,16)(H,17,18). The second-order valence-electron chi connectivity index (χ2n) is 3.80. The molecule has 2 rings (SSSR count). The van der Waals surface area contributed by atoms with Gasteiger partial charge in [0.25, 0.3) is 5.91 Å². The van der Waals surface area contributed by atoms with Gasteiger partial charge in [-0.25, -0.2) is 4.79 Å². The lowest BCUT2D eigenvalue weighted by atomic mass is 10.2. The summed E-state index contributed by atoms with van der Waals surface area (Å²) in [6.07, 6.45) is 0. The van der Waals surface area contributed by atoms with Crippen molar-refractivity contribution in [3.8, 4) is 0 Å². The number of rotatable bonds is 3. The van der Waals surface area contributed by atoms with Gasteiger partial charge in [0.05, 0.1) is 0 Å². The zero-order valence-electron chi connectivity index (χ0n) is 9.81. The highest BCUT2D eigenvalue weighted by Gasteiger charge is 2.16. The molecule has 1 heterocycles. The van der Waals surface area contributed by atoms with Crippen molar-refractivity contribution in [2.24, 2.45) is 0 Å². The van der Waals surface area contributed by atoms with Crippen LogP contribution in [-0.4, -0.2) is 22.1 Å². The normalized spacial score (nSPS) is 10.2. The Bertz CT molecular complexity index is 651. The molecule has 0 bridgehead atoms. The summed E-state index contributed by atoms with van der Waals surface area (Å²) in [5.74, 6) is -2.16. The Morgan fingerprint density at radius 2 is 2.11 bits per heavy atom. The molecule has 1 amide bonds. The number of aromatic carboxylic acids is 1. The van der Waals surface area contributed by atoms with Gasteiger partial charge >= 0.3 is 5.97 Å². The van der Waals surface area contributed by atoms with Crippen LogP contribution in [0.25, 0.3) is 0 Å². The summed E-state index contributed by atoms with van der Waals surface area (Å²) in [5.41, 5.74) is 1.64. The third-order valence-electron chi connectivity index (χ3n) is 2.38. The SMILES string of the molecule is Cc1ccc(NC(=O)c2cc(C(=O)O)on2)cc1I. The van der Waals surface area contributed by atoms with Gasteiger partial charge in [-0.1, -0.05) is 11.2 Å². The Balaban J connectivity index is 2.15. The van der Waals surface area contributed by atoms with Crippen LogP contribution in [0, 0.1) is 10.5 Å². The summed E-state index contributed by atoms with van der Waals surface area (Å²) < 4.78 is 5.53. The van der Waals surface area contributed by atoms with Crippen molar-refractivity contribution in [2.75, 3.05) is 5.32 Å². The smallest absolute Gasteiger partial charge is 0.374 e. The molecular formula is C12H9IN2O4. The van der Waals surface area contributed by atoms with Gasteiger partial charge < -0.3 is 14.9 Å². The largest absolute Gasteiger partial charge is 0.475 e. The first kappa shape index (κ1) is 13.5. The van der Waals surface area contributed by atoms with Crippen LogP contribution in [0.1, 0.15) is 26.6 Å². The van der Waals surface area contributed by atoms with Gasteiger partial charge in [0.2, 0.25) is 5.76 Å². The number of carbonyl (C=O) groups excluding carboxylic acids is 1. The fourth-order valence-electron chi connectivity index (χ4n) is 1.35. The number of aryl methyl sites for hydroxylation is 1. The number of amides is 1. The van der Waals surface area contributed by atoms with Crippen molar-refractivity contribution in [1.82, 2.24) is 5.16 Å². The lowest BCUT2D eigenvalue weighted by molar-refractivity contribution is 0.0651. The molecule has 0 aliphatic carbocycles. The van der Waals surface area contributed by atoms with E-state index in [2.05, 4.69) is 37.6 Å². The van der Waals surface area contributed by atoms with Crippen LogP contribution < -0.4 is 5.32 Å². The zero-order chi connectivity index (χ0) is 14.0. The van der Waals surface area contributed by atoms with Crippen molar-refractivity contribution in [3.05, 3.63) is 44.9 Å². The average Bonchev–Trinajstić information content (AvgIpc) is 2.83. The van der Waals surface area contributed by atoms with Crippen LogP contribution in [0.2, 0.25) is 0 Å². The first-order chi connectivity index (χ1) is 8.97. The Morgan fingerprint density at radius 3 is 2.68 bits per heavy atom. The maximum Gasteiger partial charge on any atom is 0.374 e. The molecule has 1 aromatic carbocycles. The molecule has 0 spiro atoms. The second kappa shape index (κ2) is 5.39. The van der Waals surface area contributed by atoms with Gasteiger partial charge in [0, 0.05) is 15.3 Å². The van der Waals surface area contributed by atoms with Crippen molar-refractivity contribution in [1.29, 1.82) is 0 Å². The summed E-state index contributed by atoms with van der Waals surface area (Å²) >= 11 is 2.16. The summed E-state index contributed by atoms with van der Waals surface area (Å²) in [6.45, 7) is 1.96. The maximum atomic E-state index is 11.8. The summed E-state index contributed by atoms with van der Waals surface area (Å²) in [5, 5.41) is 14.7. The number of hydrogen-bond acceptors (Lipinski definition) is 4. The van der Waals surface area contributed by atoms with Gasteiger partial charge in [-0.05, 0) is 47.2 Å². The number of hydrogen-bond donors (Lipinski definition) is 2. The van der Waals surface area contributed by atoms with Crippen LogP contribution in [0.4, 0.5) is 5.69 Å². The summed E-state index contributed by atoms with van der Waals surface area (Å²) in [6, 6.07) is 6.53. The van der Waals surface area contributed by atoms with E-state index in [1.807, 2.05) is 19.1 Å². The van der Waals surface area contributed by atoms with Gasteiger partial charge in [-0.3, -0.25) is 4.79 Å². The van der Waals surface area contributed by atoms with E-state index in [9.17, 15) is 9.59 Å². The highest BCUT2D eigenvalue weighted by atomic mass is 127. The number of carboxylic acids is 1. The number of halogens is 1. The van der Waals surface area contributed by atoms with E-state index < -0.39 is 11.9 Å². The quantitative estimate of drug-likeness (QED) is 0.808. The first-order valence-corrected chi connectivity index (χ1v) is 6.33. The Hall–Kier alpha value is -1.90. The van der Waals surface area contributed by atoms with Gasteiger partial charge in [0.15, 0.2) is 5.69 Å². The molecule has 1 aromatic heterocycles. The Kier molecular flexibility index (Phi) is 3.84. The zero-order valence-corrected chi connectivity index (χ0v) is 12.0. The molecule has 0 unspecified atom stereocenters. The van der Waals surface area contributed by atoms with Crippen LogP contribution in [0.5, 0.6) is 0 Å². The predicted molar refractivity (Wildman–Crippen MR) is 75.3 cm³/mol. The summed E-state index contributed by atoms with van der Waals surface area (Å²) in [4.78, 5) is 22.4. The van der Waals surface area contributed by atoms with E-state index in [0.717, 1.165) is 15.2 Å². The van der Waals surface area contributed by atoms with Crippen LogP contribution in [-0.2, 0) is 0 Å². The number of anilines is 1. The maximum absolute atomic E-state index is 11.8. The van der Waals surface area contributed by atoms with E-state index in [4.69, 9.17) is 5.11 Å². The fraction of sp³-hybridized carbons (Fsp3) is 0.0833. The predicted octanol–water partition coefficient (Wildman–Crippen LogP) is 2.54. The van der Waals surface area contributed by atoms with Gasteiger partial charge in [0.1, 0.15) is 0 Å². The number of benzene rings is 1. The van der Waals surface area contributed by atoms with E-state index in [-0.39, 0.29) is 11.5 Å².